The second-order valence-electron chi connectivity index (χ2n) is 8.74. The van der Waals surface area contributed by atoms with Gasteiger partial charge in [-0.1, -0.05) is 18.2 Å². The van der Waals surface area contributed by atoms with Gasteiger partial charge >= 0.3 is 24.2 Å². The molecule has 3 rings (SSSR count). The summed E-state index contributed by atoms with van der Waals surface area (Å²) < 4.78 is 46.9. The molecule has 1 aromatic rings. The molecule has 37 heavy (non-hydrogen) atoms. The Morgan fingerprint density at radius 3 is 2.49 bits per heavy atom. The van der Waals surface area contributed by atoms with Crippen LogP contribution in [0.1, 0.15) is 44.4 Å². The number of ether oxygens (including phenoxy) is 1. The van der Waals surface area contributed by atoms with Gasteiger partial charge in [-0.15, -0.1) is 0 Å². The van der Waals surface area contributed by atoms with Crippen molar-refractivity contribution in [1.29, 1.82) is 0 Å². The number of esters is 1. The first-order valence-corrected chi connectivity index (χ1v) is 12.5. The van der Waals surface area contributed by atoms with Gasteiger partial charge in [-0.3, -0.25) is 9.80 Å². The molecule has 0 bridgehead atoms. The number of carbonyl (C=O) groups is 3. The molecule has 2 aliphatic heterocycles. The van der Waals surface area contributed by atoms with Gasteiger partial charge in [-0.2, -0.15) is 13.2 Å². The topological polar surface area (TPSA) is 94.2 Å². The molecule has 0 spiro atoms. The lowest BCUT2D eigenvalue weighted by Crippen LogP contribution is -2.51. The highest BCUT2D eigenvalue weighted by Crippen LogP contribution is 2.39. The number of alkyl halides is 3. The molecule has 1 aromatic carbocycles. The monoisotopic (exact) mass is 525 g/mol. The number of benzene rings is 1. The van der Waals surface area contributed by atoms with Gasteiger partial charge < -0.3 is 20.3 Å². The van der Waals surface area contributed by atoms with Gasteiger partial charge in [0.2, 0.25) is 0 Å². The normalized spacial score (nSPS) is 19.4. The van der Waals surface area contributed by atoms with Crippen LogP contribution in [0.5, 0.6) is 0 Å². The van der Waals surface area contributed by atoms with E-state index in [0.717, 1.165) is 6.07 Å². The van der Waals surface area contributed by atoms with Gasteiger partial charge in [0.05, 0.1) is 23.8 Å². The van der Waals surface area contributed by atoms with Crippen molar-refractivity contribution in [2.24, 2.45) is 0 Å². The van der Waals surface area contributed by atoms with E-state index >= 15 is 0 Å². The van der Waals surface area contributed by atoms with Crippen LogP contribution < -0.4 is 10.6 Å². The quantitative estimate of drug-likeness (QED) is 0.533. The second-order valence-corrected chi connectivity index (χ2v) is 8.74. The van der Waals surface area contributed by atoms with Crippen LogP contribution >= 0.6 is 0 Å². The first-order valence-electron chi connectivity index (χ1n) is 12.5. The maximum absolute atomic E-state index is 13.9. The molecule has 0 aromatic heterocycles. The lowest BCUT2D eigenvalue weighted by molar-refractivity contribution is -0.141. The smallest absolute Gasteiger partial charge is 0.416 e. The van der Waals surface area contributed by atoms with Gasteiger partial charge in [0.25, 0.3) is 0 Å². The number of nitrogens with zero attached hydrogens (tertiary/aromatic N) is 3. The lowest BCUT2D eigenvalue weighted by atomic mass is 9.90. The number of carbonyl (C=O) groups excluding carboxylic acids is 3. The van der Waals surface area contributed by atoms with Crippen molar-refractivity contribution in [3.8, 4) is 0 Å². The fourth-order valence-corrected chi connectivity index (χ4v) is 4.70. The Kier molecular flexibility index (Phi) is 9.41. The molecule has 1 fully saturated rings. The van der Waals surface area contributed by atoms with Crippen LogP contribution in [0.2, 0.25) is 0 Å². The van der Waals surface area contributed by atoms with Gasteiger partial charge in [0, 0.05) is 51.5 Å². The van der Waals surface area contributed by atoms with Crippen LogP contribution in [0, 0.1) is 0 Å². The van der Waals surface area contributed by atoms with E-state index in [1.165, 1.54) is 23.1 Å². The fraction of sp³-hybridized carbons (Fsp3) is 0.560. The molecule has 1 saturated heterocycles. The number of hydrogen-bond donors (Lipinski definition) is 2. The number of likely N-dealkylation sites (N-methyl/N-ethyl adjacent to an activating group) is 1. The molecular weight excluding hydrogens is 491 g/mol. The van der Waals surface area contributed by atoms with Gasteiger partial charge in [-0.05, 0) is 38.8 Å². The molecule has 2 heterocycles. The molecule has 9 nitrogen and oxygen atoms in total. The van der Waals surface area contributed by atoms with E-state index in [1.807, 2.05) is 11.8 Å². The zero-order valence-corrected chi connectivity index (χ0v) is 21.4. The van der Waals surface area contributed by atoms with Crippen molar-refractivity contribution in [1.82, 2.24) is 25.3 Å². The predicted octanol–water partition coefficient (Wildman–Crippen LogP) is 3.35. The van der Waals surface area contributed by atoms with E-state index < -0.39 is 29.8 Å². The van der Waals surface area contributed by atoms with Crippen molar-refractivity contribution in [3.63, 3.8) is 0 Å². The highest BCUT2D eigenvalue weighted by atomic mass is 19.4. The molecule has 1 atom stereocenters. The maximum Gasteiger partial charge on any atom is 0.416 e. The number of nitrogens with one attached hydrogen (secondary N) is 2. The summed E-state index contributed by atoms with van der Waals surface area (Å²) in [5, 5.41) is 5.38. The summed E-state index contributed by atoms with van der Waals surface area (Å²) >= 11 is 0. The second kappa shape index (κ2) is 12.3. The molecule has 2 N–H and O–H groups in total. The van der Waals surface area contributed by atoms with Crippen molar-refractivity contribution in [2.75, 3.05) is 52.4 Å². The molecule has 0 radical (unpaired) electrons. The van der Waals surface area contributed by atoms with Crippen molar-refractivity contribution in [2.45, 2.75) is 39.4 Å². The average Bonchev–Trinajstić information content (AvgIpc) is 3.09. The molecule has 0 unspecified atom stereocenters. The molecule has 0 aliphatic carbocycles. The maximum atomic E-state index is 13.9. The van der Waals surface area contributed by atoms with Crippen LogP contribution in [0.4, 0.5) is 22.8 Å². The summed E-state index contributed by atoms with van der Waals surface area (Å²) in [5.74, 6) is -0.781. The van der Waals surface area contributed by atoms with E-state index in [2.05, 4.69) is 10.6 Å². The molecule has 12 heteroatoms. The zero-order valence-electron chi connectivity index (χ0n) is 21.4. The summed E-state index contributed by atoms with van der Waals surface area (Å²) in [5.41, 5.74) is -0.875. The van der Waals surface area contributed by atoms with Crippen molar-refractivity contribution in [3.05, 3.63) is 46.7 Å². The zero-order chi connectivity index (χ0) is 27.2. The fourth-order valence-electron chi connectivity index (χ4n) is 4.70. The number of hydrogen-bond acceptors (Lipinski definition) is 5. The predicted molar refractivity (Wildman–Crippen MR) is 130 cm³/mol. The Morgan fingerprint density at radius 1 is 1.11 bits per heavy atom. The van der Waals surface area contributed by atoms with Gasteiger partial charge in [-0.25, -0.2) is 14.4 Å². The minimum atomic E-state index is -4.68. The van der Waals surface area contributed by atoms with E-state index in [9.17, 15) is 27.6 Å². The first kappa shape index (κ1) is 28.3. The lowest BCUT2D eigenvalue weighted by Gasteiger charge is -2.38. The van der Waals surface area contributed by atoms with Crippen LogP contribution in [-0.2, 0) is 15.7 Å². The van der Waals surface area contributed by atoms with Crippen molar-refractivity contribution < 1.29 is 32.3 Å². The first-order chi connectivity index (χ1) is 17.6. The third-order valence-electron chi connectivity index (χ3n) is 6.40. The van der Waals surface area contributed by atoms with Crippen molar-refractivity contribution >= 4 is 18.0 Å². The SMILES string of the molecule is CCNC(=O)N1CCCN(CC2=C(C(=O)OCC)[C@H](c3ccccc3C(F)(F)F)NC(=O)N2CC)CC1. The van der Waals surface area contributed by atoms with E-state index in [-0.39, 0.29) is 36.9 Å². The average molecular weight is 526 g/mol. The summed E-state index contributed by atoms with van der Waals surface area (Å²) in [7, 11) is 0. The summed E-state index contributed by atoms with van der Waals surface area (Å²) in [4.78, 5) is 43.7. The minimum absolute atomic E-state index is 0.0224. The Bertz CT molecular complexity index is 1030. The molecule has 2 aliphatic rings. The third kappa shape index (κ3) is 6.54. The van der Waals surface area contributed by atoms with Crippen LogP contribution in [0.3, 0.4) is 0 Å². The molecule has 204 valence electrons. The van der Waals surface area contributed by atoms with E-state index in [1.54, 1.807) is 18.7 Å². The molecule has 0 saturated carbocycles. The van der Waals surface area contributed by atoms with Gasteiger partial charge in [0.1, 0.15) is 0 Å². The standard InChI is InChI=1S/C25H34F3N5O4/c1-4-29-23(35)32-13-9-12-31(14-15-32)16-19-20(22(34)37-6-3)21(30-24(36)33(19)5-2)17-10-7-8-11-18(17)25(26,27)28/h7-8,10-11,21H,4-6,9,12-16H2,1-3H3,(H,29,35)(H,30,36)/t21-/m0/s1. The Morgan fingerprint density at radius 2 is 1.84 bits per heavy atom. The number of amides is 4. The summed E-state index contributed by atoms with van der Waals surface area (Å²) in [6, 6.07) is 2.82. The highest BCUT2D eigenvalue weighted by molar-refractivity contribution is 5.95. The highest BCUT2D eigenvalue weighted by Gasteiger charge is 2.42. The van der Waals surface area contributed by atoms with Crippen LogP contribution in [-0.4, -0.2) is 85.2 Å². The number of halogens is 3. The van der Waals surface area contributed by atoms with E-state index in [4.69, 9.17) is 4.74 Å². The van der Waals surface area contributed by atoms with Crippen LogP contribution in [0.15, 0.2) is 35.5 Å². The number of rotatable bonds is 7. The van der Waals surface area contributed by atoms with E-state index in [0.29, 0.717) is 44.8 Å². The summed E-state index contributed by atoms with van der Waals surface area (Å²) in [6.45, 7) is 8.10. The van der Waals surface area contributed by atoms with Crippen LogP contribution in [0.25, 0.3) is 0 Å². The minimum Gasteiger partial charge on any atom is -0.463 e. The molecule has 4 amide bonds. The van der Waals surface area contributed by atoms with Gasteiger partial charge in [0.15, 0.2) is 0 Å². The number of urea groups is 2. The largest absolute Gasteiger partial charge is 0.463 e. The Hall–Kier alpha value is -3.28. The Labute approximate surface area is 214 Å². The third-order valence-corrected chi connectivity index (χ3v) is 6.40. The Balaban J connectivity index is 2.05. The molecular formula is C25H34F3N5O4. The summed E-state index contributed by atoms with van der Waals surface area (Å²) in [6.07, 6.45) is -4.02.